The van der Waals surface area contributed by atoms with Gasteiger partial charge in [0.15, 0.2) is 11.6 Å². The summed E-state index contributed by atoms with van der Waals surface area (Å²) in [6.45, 7) is 8.73. The lowest BCUT2D eigenvalue weighted by atomic mass is 10.00. The topological polar surface area (TPSA) is 45.2 Å². The Balaban J connectivity index is 1.69. The predicted molar refractivity (Wildman–Crippen MR) is 117 cm³/mol. The van der Waals surface area contributed by atoms with Gasteiger partial charge in [0.2, 0.25) is 0 Å². The van der Waals surface area contributed by atoms with Crippen LogP contribution in [0.15, 0.2) is 30.3 Å². The van der Waals surface area contributed by atoms with Crippen molar-refractivity contribution in [1.82, 2.24) is 9.80 Å². The predicted octanol–water partition coefficient (Wildman–Crippen LogP) is 3.53. The van der Waals surface area contributed by atoms with Gasteiger partial charge < -0.3 is 14.6 Å². The summed E-state index contributed by atoms with van der Waals surface area (Å²) in [5, 5.41) is 9.62. The highest BCUT2D eigenvalue weighted by Crippen LogP contribution is 2.27. The molecule has 1 saturated heterocycles. The van der Waals surface area contributed by atoms with Gasteiger partial charge in [-0.05, 0) is 60.7 Å². The fourth-order valence-electron chi connectivity index (χ4n) is 4.26. The minimum atomic E-state index is -0.339. The third-order valence-electron chi connectivity index (χ3n) is 6.22. The number of benzene rings is 2. The number of rotatable bonds is 8. The monoisotopic (exact) mass is 416 g/mol. The molecule has 3 rings (SSSR count). The highest BCUT2D eigenvalue weighted by Gasteiger charge is 2.27. The van der Waals surface area contributed by atoms with E-state index in [0.29, 0.717) is 0 Å². The Bertz CT molecular complexity index is 859. The first-order valence-electron chi connectivity index (χ1n) is 10.5. The highest BCUT2D eigenvalue weighted by atomic mass is 19.1. The second-order valence-electron chi connectivity index (χ2n) is 8.02. The molecular formula is C24H33FN2O3. The molecule has 1 atom stereocenters. The van der Waals surface area contributed by atoms with E-state index in [-0.39, 0.29) is 24.2 Å². The number of aliphatic hydroxyl groups excluding tert-OH is 1. The van der Waals surface area contributed by atoms with Crippen molar-refractivity contribution in [3.8, 4) is 11.5 Å². The lowest BCUT2D eigenvalue weighted by Gasteiger charge is -2.41. The fourth-order valence-corrected chi connectivity index (χ4v) is 4.26. The van der Waals surface area contributed by atoms with Crippen LogP contribution in [-0.2, 0) is 13.1 Å². The summed E-state index contributed by atoms with van der Waals surface area (Å²) >= 11 is 0. The van der Waals surface area contributed by atoms with E-state index < -0.39 is 0 Å². The van der Waals surface area contributed by atoms with Crippen LogP contribution in [0.5, 0.6) is 11.5 Å². The molecule has 30 heavy (non-hydrogen) atoms. The van der Waals surface area contributed by atoms with E-state index >= 15 is 0 Å². The van der Waals surface area contributed by atoms with Gasteiger partial charge in [0.1, 0.15) is 5.75 Å². The number of nitrogens with zero attached hydrogens (tertiary/aromatic N) is 2. The molecule has 0 amide bonds. The number of piperazine rings is 1. The largest absolute Gasteiger partial charge is 0.496 e. The van der Waals surface area contributed by atoms with E-state index in [2.05, 4.69) is 29.7 Å². The highest BCUT2D eigenvalue weighted by molar-refractivity contribution is 5.43. The van der Waals surface area contributed by atoms with Crippen LogP contribution >= 0.6 is 0 Å². The van der Waals surface area contributed by atoms with Crippen molar-refractivity contribution in [3.63, 3.8) is 0 Å². The third kappa shape index (κ3) is 5.12. The SMILES string of the molecule is COc1cc(CN2CCN(Cc3ccc(OC)c(C)c3C)C(CCO)C2)ccc1F. The van der Waals surface area contributed by atoms with Gasteiger partial charge in [-0.15, -0.1) is 0 Å². The molecule has 1 heterocycles. The van der Waals surface area contributed by atoms with E-state index in [1.807, 2.05) is 12.1 Å². The summed E-state index contributed by atoms with van der Waals surface area (Å²) in [6.07, 6.45) is 0.734. The molecule has 6 heteroatoms. The van der Waals surface area contributed by atoms with E-state index in [0.717, 1.165) is 50.5 Å². The Morgan fingerprint density at radius 1 is 1.00 bits per heavy atom. The average Bonchev–Trinajstić information content (AvgIpc) is 2.75. The molecule has 2 aromatic rings. The van der Waals surface area contributed by atoms with Crippen LogP contribution in [0.1, 0.15) is 28.7 Å². The number of methoxy groups -OCH3 is 2. The molecule has 1 aliphatic rings. The fraction of sp³-hybridized carbons (Fsp3) is 0.500. The lowest BCUT2D eigenvalue weighted by Crippen LogP contribution is -2.52. The number of halogens is 1. The smallest absolute Gasteiger partial charge is 0.165 e. The summed E-state index contributed by atoms with van der Waals surface area (Å²) in [6, 6.07) is 9.50. The first-order valence-corrected chi connectivity index (χ1v) is 10.5. The second kappa shape index (κ2) is 10.2. The van der Waals surface area contributed by atoms with Gasteiger partial charge in [0.05, 0.1) is 14.2 Å². The lowest BCUT2D eigenvalue weighted by molar-refractivity contribution is 0.0498. The van der Waals surface area contributed by atoms with Crippen LogP contribution in [0.2, 0.25) is 0 Å². The Morgan fingerprint density at radius 3 is 2.47 bits per heavy atom. The maximum Gasteiger partial charge on any atom is 0.165 e. The molecule has 0 spiro atoms. The summed E-state index contributed by atoms with van der Waals surface area (Å²) in [7, 11) is 3.19. The van der Waals surface area contributed by atoms with Gasteiger partial charge in [-0.1, -0.05) is 12.1 Å². The molecule has 1 aliphatic heterocycles. The molecule has 1 N–H and O–H groups in total. The van der Waals surface area contributed by atoms with Crippen LogP contribution in [0.4, 0.5) is 4.39 Å². The van der Waals surface area contributed by atoms with Crippen molar-refractivity contribution >= 4 is 0 Å². The summed E-state index contributed by atoms with van der Waals surface area (Å²) in [5.41, 5.74) is 4.77. The Morgan fingerprint density at radius 2 is 1.77 bits per heavy atom. The second-order valence-corrected chi connectivity index (χ2v) is 8.02. The van der Waals surface area contributed by atoms with Crippen molar-refractivity contribution in [1.29, 1.82) is 0 Å². The van der Waals surface area contributed by atoms with Gasteiger partial charge in [-0.2, -0.15) is 0 Å². The van der Waals surface area contributed by atoms with Crippen LogP contribution < -0.4 is 9.47 Å². The van der Waals surface area contributed by atoms with Crippen LogP contribution in [0, 0.1) is 19.7 Å². The summed E-state index contributed by atoms with van der Waals surface area (Å²) < 4.78 is 24.2. The van der Waals surface area contributed by atoms with Gasteiger partial charge in [0.25, 0.3) is 0 Å². The summed E-state index contributed by atoms with van der Waals surface area (Å²) in [4.78, 5) is 4.84. The zero-order chi connectivity index (χ0) is 21.7. The van der Waals surface area contributed by atoms with Crippen molar-refractivity contribution in [3.05, 3.63) is 58.4 Å². The minimum absolute atomic E-state index is 0.167. The minimum Gasteiger partial charge on any atom is -0.496 e. The van der Waals surface area contributed by atoms with Crippen molar-refractivity contribution in [2.75, 3.05) is 40.5 Å². The van der Waals surface area contributed by atoms with Gasteiger partial charge in [0, 0.05) is 45.4 Å². The zero-order valence-electron chi connectivity index (χ0n) is 18.4. The molecule has 0 saturated carbocycles. The molecule has 0 aliphatic carbocycles. The molecule has 5 nitrogen and oxygen atoms in total. The number of aliphatic hydroxyl groups is 1. The van der Waals surface area contributed by atoms with E-state index in [1.165, 1.54) is 29.9 Å². The van der Waals surface area contributed by atoms with Crippen molar-refractivity contribution in [2.24, 2.45) is 0 Å². The van der Waals surface area contributed by atoms with Crippen LogP contribution in [0.25, 0.3) is 0 Å². The number of hydrogen-bond acceptors (Lipinski definition) is 5. The third-order valence-corrected chi connectivity index (χ3v) is 6.22. The van der Waals surface area contributed by atoms with Crippen molar-refractivity contribution in [2.45, 2.75) is 39.4 Å². The molecule has 0 radical (unpaired) electrons. The number of hydrogen-bond donors (Lipinski definition) is 1. The average molecular weight is 417 g/mol. The first-order chi connectivity index (χ1) is 14.5. The van der Waals surface area contributed by atoms with Gasteiger partial charge in [-0.3, -0.25) is 9.80 Å². The molecular weight excluding hydrogens is 383 g/mol. The van der Waals surface area contributed by atoms with Gasteiger partial charge in [-0.25, -0.2) is 4.39 Å². The number of ether oxygens (including phenoxy) is 2. The van der Waals surface area contributed by atoms with E-state index in [9.17, 15) is 9.50 Å². The van der Waals surface area contributed by atoms with Crippen LogP contribution in [-0.4, -0.2) is 61.4 Å². The summed E-state index contributed by atoms with van der Waals surface area (Å²) in [5.74, 6) is 0.862. The maximum absolute atomic E-state index is 13.7. The Labute approximate surface area is 179 Å². The molecule has 164 valence electrons. The molecule has 0 bridgehead atoms. The molecule has 2 aromatic carbocycles. The van der Waals surface area contributed by atoms with E-state index in [4.69, 9.17) is 9.47 Å². The van der Waals surface area contributed by atoms with Crippen molar-refractivity contribution < 1.29 is 19.0 Å². The Kier molecular flexibility index (Phi) is 7.69. The standard InChI is InChI=1S/C24H33FN2O3/c1-17-18(2)23(29-3)8-6-20(17)15-27-11-10-26(16-21(27)9-12-28)14-19-5-7-22(25)24(13-19)30-4/h5-8,13,21,28H,9-12,14-16H2,1-4H3. The maximum atomic E-state index is 13.7. The van der Waals surface area contributed by atoms with E-state index in [1.54, 1.807) is 13.2 Å². The molecule has 1 fully saturated rings. The molecule has 1 unspecified atom stereocenters. The Hall–Kier alpha value is -2.15. The van der Waals surface area contributed by atoms with Gasteiger partial charge >= 0.3 is 0 Å². The van der Waals surface area contributed by atoms with Crippen LogP contribution in [0.3, 0.4) is 0 Å². The first kappa shape index (κ1) is 22.5. The normalized spacial score (nSPS) is 17.9. The zero-order valence-corrected chi connectivity index (χ0v) is 18.4. The molecule has 0 aromatic heterocycles. The quantitative estimate of drug-likeness (QED) is 0.713.